The number of hydrogen-bond donors (Lipinski definition) is 1. The van der Waals surface area contributed by atoms with Crippen molar-refractivity contribution in [3.8, 4) is 17.1 Å². The highest BCUT2D eigenvalue weighted by Crippen LogP contribution is 2.39. The molecule has 3 saturated heterocycles. The zero-order valence-electron chi connectivity index (χ0n) is 24.6. The standard InChI is InChI=1S/C34H44N4O2/c1-23-18-24(2)20-28(19-23)30-29(21-37-14-10-26(11-15-37)25-8-6-5-7-9-25)33(36-35-30)40-22-34(3,4)32(39)31-27-12-16-38(31)17-13-27/h5-9,18-20,26-27,31H,10-17,21-22H2,1-4H3,(H,35,36). The average Bonchev–Trinajstić information content (AvgIpc) is 3.66. The number of fused-ring (bicyclic) bond motifs is 2. The first-order chi connectivity index (χ1) is 19.3. The molecule has 0 amide bonds. The monoisotopic (exact) mass is 540 g/mol. The van der Waals surface area contributed by atoms with Crippen LogP contribution in [0.25, 0.3) is 11.3 Å². The Labute approximate surface area is 239 Å². The molecule has 3 fully saturated rings. The third-order valence-corrected chi connectivity index (χ3v) is 9.50. The van der Waals surface area contributed by atoms with Crippen LogP contribution in [-0.2, 0) is 11.3 Å². The van der Waals surface area contributed by atoms with E-state index < -0.39 is 5.41 Å². The summed E-state index contributed by atoms with van der Waals surface area (Å²) in [5.41, 5.74) is 6.60. The van der Waals surface area contributed by atoms with E-state index in [2.05, 4.69) is 82.4 Å². The Morgan fingerprint density at radius 2 is 1.65 bits per heavy atom. The summed E-state index contributed by atoms with van der Waals surface area (Å²) in [6, 6.07) is 17.6. The Bertz CT molecular complexity index is 1300. The lowest BCUT2D eigenvalue weighted by atomic mass is 9.81. The van der Waals surface area contributed by atoms with Gasteiger partial charge in [0.1, 0.15) is 6.61 Å². The van der Waals surface area contributed by atoms with Crippen LogP contribution in [0.1, 0.15) is 67.7 Å². The number of aryl methyl sites for hydroxylation is 2. The maximum Gasteiger partial charge on any atom is 0.237 e. The molecule has 6 heteroatoms. The van der Waals surface area contributed by atoms with E-state index in [4.69, 9.17) is 4.74 Å². The molecular weight excluding hydrogens is 496 g/mol. The molecule has 0 saturated carbocycles. The van der Waals surface area contributed by atoms with Gasteiger partial charge in [-0.25, -0.2) is 0 Å². The number of aromatic amines is 1. The lowest BCUT2D eigenvalue weighted by Crippen LogP contribution is -2.44. The molecule has 40 heavy (non-hydrogen) atoms. The van der Waals surface area contributed by atoms with Crippen LogP contribution in [0.5, 0.6) is 5.88 Å². The summed E-state index contributed by atoms with van der Waals surface area (Å²) in [5, 5.41) is 8.01. The minimum absolute atomic E-state index is 0.0639. The lowest BCUT2D eigenvalue weighted by molar-refractivity contribution is -0.133. The molecule has 1 N–H and O–H groups in total. The molecule has 1 unspecified atom stereocenters. The quantitative estimate of drug-likeness (QED) is 0.353. The number of ether oxygens (including phenoxy) is 1. The number of benzene rings is 2. The number of nitrogens with zero attached hydrogens (tertiary/aromatic N) is 3. The number of nitrogens with one attached hydrogen (secondary N) is 1. The van der Waals surface area contributed by atoms with E-state index in [9.17, 15) is 4.79 Å². The molecule has 0 radical (unpaired) electrons. The maximum absolute atomic E-state index is 13.6. The van der Waals surface area contributed by atoms with Crippen LogP contribution in [0, 0.1) is 25.2 Å². The number of hydrogen-bond acceptors (Lipinski definition) is 5. The molecule has 0 spiro atoms. The van der Waals surface area contributed by atoms with Crippen molar-refractivity contribution in [2.45, 2.75) is 71.9 Å². The normalized spacial score (nSPS) is 23.6. The zero-order chi connectivity index (χ0) is 27.9. The van der Waals surface area contributed by atoms with Gasteiger partial charge in [0.25, 0.3) is 0 Å². The highest BCUT2D eigenvalue weighted by atomic mass is 16.5. The fourth-order valence-electron chi connectivity index (χ4n) is 7.26. The summed E-state index contributed by atoms with van der Waals surface area (Å²) in [7, 11) is 0. The predicted octanol–water partition coefficient (Wildman–Crippen LogP) is 6.14. The van der Waals surface area contributed by atoms with Crippen molar-refractivity contribution in [2.75, 3.05) is 32.8 Å². The van der Waals surface area contributed by atoms with E-state index in [1.807, 2.05) is 13.8 Å². The van der Waals surface area contributed by atoms with E-state index in [0.717, 1.165) is 75.2 Å². The van der Waals surface area contributed by atoms with Crippen molar-refractivity contribution in [2.24, 2.45) is 11.3 Å². The molecule has 3 aliphatic heterocycles. The van der Waals surface area contributed by atoms with Crippen LogP contribution in [0.2, 0.25) is 0 Å². The second kappa shape index (κ2) is 11.1. The molecule has 1 atom stereocenters. The Kier molecular flexibility index (Phi) is 7.58. The largest absolute Gasteiger partial charge is 0.475 e. The third kappa shape index (κ3) is 5.48. The number of Topliss-reactive ketones (excluding diaryl/α,β-unsaturated/α-hetero) is 1. The number of likely N-dealkylation sites (tertiary alicyclic amines) is 1. The number of piperidine rings is 2. The maximum atomic E-state index is 13.6. The van der Waals surface area contributed by atoms with E-state index in [-0.39, 0.29) is 6.04 Å². The van der Waals surface area contributed by atoms with Crippen LogP contribution in [0.3, 0.4) is 0 Å². The summed E-state index contributed by atoms with van der Waals surface area (Å²) < 4.78 is 6.46. The van der Waals surface area contributed by atoms with Crippen molar-refractivity contribution < 1.29 is 9.53 Å². The summed E-state index contributed by atoms with van der Waals surface area (Å²) in [6.45, 7) is 13.7. The lowest BCUT2D eigenvalue weighted by Gasteiger charge is -2.32. The Balaban J connectivity index is 1.20. The number of aromatic nitrogens is 2. The number of carbonyl (C=O) groups excluding carboxylic acids is 1. The van der Waals surface area contributed by atoms with Crippen LogP contribution in [0.15, 0.2) is 48.5 Å². The summed E-state index contributed by atoms with van der Waals surface area (Å²) in [5.74, 6) is 2.09. The summed E-state index contributed by atoms with van der Waals surface area (Å²) >= 11 is 0. The first-order valence-corrected chi connectivity index (χ1v) is 15.1. The van der Waals surface area contributed by atoms with Crippen molar-refractivity contribution in [1.82, 2.24) is 20.0 Å². The summed E-state index contributed by atoms with van der Waals surface area (Å²) in [6.07, 6.45) is 4.60. The predicted molar refractivity (Wildman–Crippen MR) is 160 cm³/mol. The van der Waals surface area contributed by atoms with Gasteiger partial charge in [0, 0.05) is 12.1 Å². The highest BCUT2D eigenvalue weighted by Gasteiger charge is 2.48. The van der Waals surface area contributed by atoms with Gasteiger partial charge >= 0.3 is 0 Å². The summed E-state index contributed by atoms with van der Waals surface area (Å²) in [4.78, 5) is 18.6. The second-order valence-corrected chi connectivity index (χ2v) is 13.1. The fourth-order valence-corrected chi connectivity index (χ4v) is 7.26. The number of H-pyrrole nitrogens is 1. The van der Waals surface area contributed by atoms with E-state index in [1.54, 1.807) is 0 Å². The fraction of sp³-hybridized carbons (Fsp3) is 0.529. The number of carbonyl (C=O) groups is 1. The van der Waals surface area contributed by atoms with Gasteiger partial charge in [-0.2, -0.15) is 0 Å². The van der Waals surface area contributed by atoms with Gasteiger partial charge in [-0.1, -0.05) is 47.5 Å². The average molecular weight is 541 g/mol. The van der Waals surface area contributed by atoms with Gasteiger partial charge in [0.2, 0.25) is 5.88 Å². The molecule has 4 heterocycles. The molecule has 212 valence electrons. The molecule has 1 aromatic heterocycles. The van der Waals surface area contributed by atoms with Crippen molar-refractivity contribution in [3.63, 3.8) is 0 Å². The van der Waals surface area contributed by atoms with Gasteiger partial charge in [0.15, 0.2) is 5.78 Å². The van der Waals surface area contributed by atoms with Gasteiger partial charge in [0.05, 0.1) is 22.7 Å². The molecule has 6 rings (SSSR count). The SMILES string of the molecule is Cc1cc(C)cc(-c2[nH]nc(OCC(C)(C)C(=O)C3C4CCN3CC4)c2CN2CCC(c3ccccc3)CC2)c1. The minimum atomic E-state index is -0.569. The van der Waals surface area contributed by atoms with Gasteiger partial charge in [-0.05, 0) is 109 Å². The third-order valence-electron chi connectivity index (χ3n) is 9.50. The molecular formula is C34H44N4O2. The Morgan fingerprint density at radius 1 is 0.975 bits per heavy atom. The van der Waals surface area contributed by atoms with Crippen LogP contribution in [-0.4, -0.2) is 64.6 Å². The molecule has 2 aromatic carbocycles. The number of rotatable bonds is 9. The smallest absolute Gasteiger partial charge is 0.237 e. The van der Waals surface area contributed by atoms with Crippen LogP contribution < -0.4 is 4.74 Å². The van der Waals surface area contributed by atoms with Gasteiger partial charge in [-0.15, -0.1) is 5.10 Å². The van der Waals surface area contributed by atoms with E-state index in [0.29, 0.717) is 30.1 Å². The highest BCUT2D eigenvalue weighted by molar-refractivity contribution is 5.90. The first-order valence-electron chi connectivity index (χ1n) is 15.1. The van der Waals surface area contributed by atoms with Crippen LogP contribution in [0.4, 0.5) is 0 Å². The van der Waals surface area contributed by atoms with Gasteiger partial charge in [-0.3, -0.25) is 19.7 Å². The molecule has 0 aliphatic carbocycles. The molecule has 2 bridgehead atoms. The molecule has 6 nitrogen and oxygen atoms in total. The van der Waals surface area contributed by atoms with E-state index >= 15 is 0 Å². The van der Waals surface area contributed by atoms with Gasteiger partial charge < -0.3 is 4.74 Å². The Morgan fingerprint density at radius 3 is 2.27 bits per heavy atom. The topological polar surface area (TPSA) is 61.5 Å². The van der Waals surface area contributed by atoms with Crippen molar-refractivity contribution in [3.05, 3.63) is 70.8 Å². The molecule has 3 aliphatic rings. The first kappa shape index (κ1) is 27.2. The molecule has 3 aromatic rings. The van der Waals surface area contributed by atoms with E-state index in [1.165, 1.54) is 16.7 Å². The number of ketones is 1. The minimum Gasteiger partial charge on any atom is -0.475 e. The van der Waals surface area contributed by atoms with Crippen molar-refractivity contribution >= 4 is 5.78 Å². The van der Waals surface area contributed by atoms with Crippen molar-refractivity contribution in [1.29, 1.82) is 0 Å². The Hall–Kier alpha value is -2.96. The van der Waals surface area contributed by atoms with Crippen LogP contribution >= 0.6 is 0 Å². The zero-order valence-corrected chi connectivity index (χ0v) is 24.6. The second-order valence-electron chi connectivity index (χ2n) is 13.1.